The molecule has 0 aliphatic carbocycles. The Morgan fingerprint density at radius 2 is 1.86 bits per heavy atom. The van der Waals surface area contributed by atoms with Crippen LogP contribution in [0.2, 0.25) is 5.02 Å². The van der Waals surface area contributed by atoms with Crippen molar-refractivity contribution < 1.29 is 9.32 Å². The molecule has 7 heteroatoms. The molecule has 1 N–H and O–H groups in total. The van der Waals surface area contributed by atoms with Crippen LogP contribution in [-0.4, -0.2) is 20.6 Å². The molecule has 4 aromatic rings. The zero-order chi connectivity index (χ0) is 20.4. The van der Waals surface area contributed by atoms with Crippen molar-refractivity contribution in [3.05, 3.63) is 94.7 Å². The number of benzene rings is 2. The first kappa shape index (κ1) is 19.0. The van der Waals surface area contributed by atoms with E-state index in [4.69, 9.17) is 16.1 Å². The van der Waals surface area contributed by atoms with Gasteiger partial charge in [-0.25, -0.2) is 4.98 Å². The zero-order valence-corrected chi connectivity index (χ0v) is 16.7. The van der Waals surface area contributed by atoms with Crippen molar-refractivity contribution in [1.82, 2.24) is 20.0 Å². The Kier molecular flexibility index (Phi) is 5.18. The molecular weight excluding hydrogens is 388 g/mol. The predicted octanol–water partition coefficient (Wildman–Crippen LogP) is 4.56. The molecule has 0 spiro atoms. The summed E-state index contributed by atoms with van der Waals surface area (Å²) in [5.41, 5.74) is 3.50. The topological polar surface area (TPSA) is 73.0 Å². The summed E-state index contributed by atoms with van der Waals surface area (Å²) in [5.74, 6) is 0.450. The van der Waals surface area contributed by atoms with Crippen LogP contribution in [0, 0.1) is 6.92 Å². The zero-order valence-electron chi connectivity index (χ0n) is 16.0. The van der Waals surface area contributed by atoms with Crippen LogP contribution < -0.4 is 5.32 Å². The van der Waals surface area contributed by atoms with Gasteiger partial charge in [-0.1, -0.05) is 58.7 Å². The van der Waals surface area contributed by atoms with Gasteiger partial charge in [0.2, 0.25) is 5.76 Å². The van der Waals surface area contributed by atoms with Crippen LogP contribution in [0.1, 0.15) is 33.5 Å². The molecule has 0 bridgehead atoms. The second kappa shape index (κ2) is 7.93. The molecule has 6 nitrogen and oxygen atoms in total. The molecule has 4 rings (SSSR count). The van der Waals surface area contributed by atoms with E-state index in [2.05, 4.69) is 15.5 Å². The number of aromatic nitrogens is 3. The van der Waals surface area contributed by atoms with Gasteiger partial charge in [-0.15, -0.1) is 0 Å². The van der Waals surface area contributed by atoms with Crippen LogP contribution in [0.5, 0.6) is 0 Å². The molecular formula is C22H19ClN4O2. The fraction of sp³-hybridized carbons (Fsp3) is 0.136. The molecule has 0 fully saturated rings. The Morgan fingerprint density at radius 3 is 2.52 bits per heavy atom. The van der Waals surface area contributed by atoms with Crippen molar-refractivity contribution in [3.8, 4) is 11.3 Å². The van der Waals surface area contributed by atoms with Gasteiger partial charge in [0.15, 0.2) is 0 Å². The third kappa shape index (κ3) is 4.07. The van der Waals surface area contributed by atoms with Gasteiger partial charge in [0.25, 0.3) is 5.91 Å². The molecule has 29 heavy (non-hydrogen) atoms. The highest BCUT2D eigenvalue weighted by Crippen LogP contribution is 2.24. The molecule has 1 amide bonds. The normalized spacial score (nSPS) is 12.0. The molecule has 1 atom stereocenters. The number of hydrogen-bond donors (Lipinski definition) is 1. The lowest BCUT2D eigenvalue weighted by Gasteiger charge is -2.18. The third-order valence-electron chi connectivity index (χ3n) is 4.68. The van der Waals surface area contributed by atoms with E-state index in [0.29, 0.717) is 16.5 Å². The van der Waals surface area contributed by atoms with Gasteiger partial charge in [-0.05, 0) is 24.6 Å². The summed E-state index contributed by atoms with van der Waals surface area (Å²) in [5, 5.41) is 7.64. The molecule has 146 valence electrons. The number of aryl methyl sites for hydroxylation is 2. The maximum absolute atomic E-state index is 12.9. The first-order valence-corrected chi connectivity index (χ1v) is 9.46. The van der Waals surface area contributed by atoms with Gasteiger partial charge in [0.05, 0.1) is 0 Å². The Morgan fingerprint density at radius 1 is 1.14 bits per heavy atom. The molecule has 2 heterocycles. The molecule has 0 saturated carbocycles. The van der Waals surface area contributed by atoms with Gasteiger partial charge in [-0.2, -0.15) is 0 Å². The van der Waals surface area contributed by atoms with E-state index in [1.807, 2.05) is 61.1 Å². The van der Waals surface area contributed by atoms with Gasteiger partial charge < -0.3 is 14.4 Å². The summed E-state index contributed by atoms with van der Waals surface area (Å²) in [7, 11) is 1.88. The standard InChI is InChI=1S/C22H19ClN4O2/c1-14-3-5-15(6-4-14)18-13-19(29-26-18)22(28)25-20(21-24-11-12-27(21)2)16-7-9-17(23)10-8-16/h3-13,20H,1-2H3,(H,25,28)/t20-/m0/s1. The highest BCUT2D eigenvalue weighted by atomic mass is 35.5. The lowest BCUT2D eigenvalue weighted by Crippen LogP contribution is -2.30. The molecule has 2 aromatic heterocycles. The van der Waals surface area contributed by atoms with Crippen LogP contribution in [0.3, 0.4) is 0 Å². The SMILES string of the molecule is Cc1ccc(-c2cc(C(=O)N[C@@H](c3ccc(Cl)cc3)c3nccn3C)on2)cc1. The Bertz CT molecular complexity index is 1130. The number of carbonyl (C=O) groups excluding carboxylic acids is 1. The van der Waals surface area contributed by atoms with Crippen LogP contribution in [0.15, 0.2) is 71.5 Å². The number of carbonyl (C=O) groups is 1. The van der Waals surface area contributed by atoms with E-state index in [9.17, 15) is 4.79 Å². The minimum absolute atomic E-state index is 0.133. The number of halogens is 1. The lowest BCUT2D eigenvalue weighted by atomic mass is 10.1. The fourth-order valence-electron chi connectivity index (χ4n) is 3.05. The maximum Gasteiger partial charge on any atom is 0.290 e. The minimum atomic E-state index is -0.465. The number of hydrogen-bond acceptors (Lipinski definition) is 4. The Hall–Kier alpha value is -3.38. The van der Waals surface area contributed by atoms with E-state index in [-0.39, 0.29) is 11.7 Å². The van der Waals surface area contributed by atoms with Crippen molar-refractivity contribution in [2.45, 2.75) is 13.0 Å². The van der Waals surface area contributed by atoms with E-state index < -0.39 is 6.04 Å². The van der Waals surface area contributed by atoms with Gasteiger partial charge in [0.1, 0.15) is 17.6 Å². The van der Waals surface area contributed by atoms with E-state index in [1.165, 1.54) is 0 Å². The van der Waals surface area contributed by atoms with E-state index in [1.54, 1.807) is 24.4 Å². The quantitative estimate of drug-likeness (QED) is 0.527. The third-order valence-corrected chi connectivity index (χ3v) is 4.93. The fourth-order valence-corrected chi connectivity index (χ4v) is 3.18. The number of imidazole rings is 1. The van der Waals surface area contributed by atoms with Crippen molar-refractivity contribution in [3.63, 3.8) is 0 Å². The average Bonchev–Trinajstić information content (AvgIpc) is 3.37. The number of amides is 1. The van der Waals surface area contributed by atoms with Crippen LogP contribution in [-0.2, 0) is 7.05 Å². The van der Waals surface area contributed by atoms with Crippen molar-refractivity contribution in [2.24, 2.45) is 7.05 Å². The van der Waals surface area contributed by atoms with Crippen molar-refractivity contribution in [2.75, 3.05) is 0 Å². The second-order valence-electron chi connectivity index (χ2n) is 6.80. The van der Waals surface area contributed by atoms with E-state index >= 15 is 0 Å². The molecule has 0 aliphatic rings. The van der Waals surface area contributed by atoms with Gasteiger partial charge in [0, 0.05) is 36.1 Å². The van der Waals surface area contributed by atoms with Crippen LogP contribution in [0.4, 0.5) is 0 Å². The monoisotopic (exact) mass is 406 g/mol. The summed E-state index contributed by atoms with van der Waals surface area (Å²) >= 11 is 6.01. The summed E-state index contributed by atoms with van der Waals surface area (Å²) in [6, 6.07) is 16.3. The van der Waals surface area contributed by atoms with Crippen molar-refractivity contribution in [1.29, 1.82) is 0 Å². The first-order chi connectivity index (χ1) is 14.0. The Balaban J connectivity index is 1.61. The molecule has 0 unspecified atom stereocenters. The highest BCUT2D eigenvalue weighted by molar-refractivity contribution is 6.30. The number of rotatable bonds is 5. The summed E-state index contributed by atoms with van der Waals surface area (Å²) in [6.07, 6.45) is 3.52. The smallest absolute Gasteiger partial charge is 0.290 e. The number of nitrogens with one attached hydrogen (secondary N) is 1. The van der Waals surface area contributed by atoms with Crippen LogP contribution >= 0.6 is 11.6 Å². The Labute approximate surface area is 173 Å². The summed E-state index contributed by atoms with van der Waals surface area (Å²) < 4.78 is 7.16. The van der Waals surface area contributed by atoms with Crippen molar-refractivity contribution >= 4 is 17.5 Å². The maximum atomic E-state index is 12.9. The molecule has 2 aromatic carbocycles. The first-order valence-electron chi connectivity index (χ1n) is 9.08. The predicted molar refractivity (Wildman–Crippen MR) is 111 cm³/mol. The van der Waals surface area contributed by atoms with Gasteiger partial charge in [-0.3, -0.25) is 4.79 Å². The van der Waals surface area contributed by atoms with Gasteiger partial charge >= 0.3 is 0 Å². The number of nitrogens with zero attached hydrogens (tertiary/aromatic N) is 3. The minimum Gasteiger partial charge on any atom is -0.350 e. The largest absolute Gasteiger partial charge is 0.350 e. The van der Waals surface area contributed by atoms with E-state index in [0.717, 1.165) is 16.7 Å². The second-order valence-corrected chi connectivity index (χ2v) is 7.23. The molecule has 0 aliphatic heterocycles. The van der Waals surface area contributed by atoms with Crippen LogP contribution in [0.25, 0.3) is 11.3 Å². The summed E-state index contributed by atoms with van der Waals surface area (Å²) in [4.78, 5) is 17.3. The summed E-state index contributed by atoms with van der Waals surface area (Å²) in [6.45, 7) is 2.01. The highest BCUT2D eigenvalue weighted by Gasteiger charge is 2.23. The molecule has 0 radical (unpaired) electrons. The average molecular weight is 407 g/mol. The lowest BCUT2D eigenvalue weighted by molar-refractivity contribution is 0.0904. The molecule has 0 saturated heterocycles.